The molecule has 1 atom stereocenters. The summed E-state index contributed by atoms with van der Waals surface area (Å²) in [6.07, 6.45) is 2.75. The van der Waals surface area contributed by atoms with Gasteiger partial charge in [0, 0.05) is 5.69 Å². The van der Waals surface area contributed by atoms with Crippen LogP contribution in [-0.4, -0.2) is 29.1 Å². The van der Waals surface area contributed by atoms with E-state index in [2.05, 4.69) is 15.4 Å². The van der Waals surface area contributed by atoms with Crippen LogP contribution in [0.2, 0.25) is 0 Å². The Labute approximate surface area is 122 Å². The van der Waals surface area contributed by atoms with Gasteiger partial charge in [0.2, 0.25) is 15.9 Å². The molecule has 0 bridgehead atoms. The van der Waals surface area contributed by atoms with Crippen LogP contribution in [0, 0.1) is 6.92 Å². The van der Waals surface area contributed by atoms with Crippen molar-refractivity contribution in [2.75, 3.05) is 5.32 Å². The molecule has 1 aromatic carbocycles. The first-order valence-corrected chi connectivity index (χ1v) is 7.62. The SMILES string of the molecule is Cc1ccc(NC(=O)C(C)n2cncn2)cc1S(N)(=O)=O. The van der Waals surface area contributed by atoms with E-state index in [9.17, 15) is 13.2 Å². The molecule has 0 fully saturated rings. The Hall–Kier alpha value is -2.26. The molecule has 8 nitrogen and oxygen atoms in total. The third-order valence-corrected chi connectivity index (χ3v) is 4.03. The van der Waals surface area contributed by atoms with Crippen molar-refractivity contribution in [3.05, 3.63) is 36.4 Å². The van der Waals surface area contributed by atoms with Crippen molar-refractivity contribution in [1.82, 2.24) is 14.8 Å². The van der Waals surface area contributed by atoms with E-state index in [0.717, 1.165) is 0 Å². The zero-order valence-corrected chi connectivity index (χ0v) is 12.3. The maximum absolute atomic E-state index is 12.1. The normalized spacial score (nSPS) is 12.9. The van der Waals surface area contributed by atoms with Crippen molar-refractivity contribution in [2.45, 2.75) is 24.8 Å². The number of benzene rings is 1. The van der Waals surface area contributed by atoms with E-state index < -0.39 is 16.1 Å². The molecule has 1 unspecified atom stereocenters. The number of sulfonamides is 1. The monoisotopic (exact) mass is 309 g/mol. The minimum absolute atomic E-state index is 0.0197. The molecule has 2 rings (SSSR count). The van der Waals surface area contributed by atoms with Gasteiger partial charge in [-0.1, -0.05) is 6.07 Å². The number of primary sulfonamides is 1. The van der Waals surface area contributed by atoms with Gasteiger partial charge < -0.3 is 5.32 Å². The number of nitrogens with one attached hydrogen (secondary N) is 1. The number of carbonyl (C=O) groups is 1. The van der Waals surface area contributed by atoms with Gasteiger partial charge in [-0.25, -0.2) is 23.2 Å². The summed E-state index contributed by atoms with van der Waals surface area (Å²) in [6, 6.07) is 3.94. The summed E-state index contributed by atoms with van der Waals surface area (Å²) in [4.78, 5) is 15.8. The number of nitrogens with zero attached hydrogens (tertiary/aromatic N) is 3. The minimum Gasteiger partial charge on any atom is -0.324 e. The second kappa shape index (κ2) is 5.62. The van der Waals surface area contributed by atoms with E-state index in [1.54, 1.807) is 26.0 Å². The predicted molar refractivity (Wildman–Crippen MR) is 75.9 cm³/mol. The third kappa shape index (κ3) is 3.44. The lowest BCUT2D eigenvalue weighted by Gasteiger charge is -2.13. The van der Waals surface area contributed by atoms with Crippen molar-refractivity contribution in [2.24, 2.45) is 5.14 Å². The van der Waals surface area contributed by atoms with Gasteiger partial charge in [-0.2, -0.15) is 5.10 Å². The summed E-state index contributed by atoms with van der Waals surface area (Å²) in [5, 5.41) is 11.6. The van der Waals surface area contributed by atoms with Gasteiger partial charge >= 0.3 is 0 Å². The number of rotatable bonds is 4. The largest absolute Gasteiger partial charge is 0.324 e. The molecule has 21 heavy (non-hydrogen) atoms. The zero-order valence-electron chi connectivity index (χ0n) is 11.5. The fourth-order valence-corrected chi connectivity index (χ4v) is 2.58. The molecule has 9 heteroatoms. The Kier molecular flexibility index (Phi) is 4.05. The Morgan fingerprint density at radius 2 is 2.14 bits per heavy atom. The van der Waals surface area contributed by atoms with Crippen LogP contribution < -0.4 is 10.5 Å². The van der Waals surface area contributed by atoms with E-state index in [1.807, 2.05) is 0 Å². The first kappa shape index (κ1) is 15.1. The van der Waals surface area contributed by atoms with Crippen LogP contribution in [0.15, 0.2) is 35.7 Å². The predicted octanol–water partition coefficient (Wildman–Crippen LogP) is 0.434. The van der Waals surface area contributed by atoms with Crippen LogP contribution in [0.25, 0.3) is 0 Å². The third-order valence-electron chi connectivity index (χ3n) is 2.98. The average molecular weight is 309 g/mol. The number of nitrogens with two attached hydrogens (primary N) is 1. The Balaban J connectivity index is 2.22. The highest BCUT2D eigenvalue weighted by atomic mass is 32.2. The van der Waals surface area contributed by atoms with Crippen LogP contribution in [0.1, 0.15) is 18.5 Å². The lowest BCUT2D eigenvalue weighted by molar-refractivity contribution is -0.119. The van der Waals surface area contributed by atoms with Crippen LogP contribution in [0.4, 0.5) is 5.69 Å². The first-order chi connectivity index (χ1) is 9.79. The van der Waals surface area contributed by atoms with Gasteiger partial charge in [0.05, 0.1) is 4.90 Å². The van der Waals surface area contributed by atoms with Crippen molar-refractivity contribution >= 4 is 21.6 Å². The fraction of sp³-hybridized carbons (Fsp3) is 0.250. The number of carbonyl (C=O) groups excluding carboxylic acids is 1. The van der Waals surface area contributed by atoms with E-state index in [-0.39, 0.29) is 10.8 Å². The highest BCUT2D eigenvalue weighted by Gasteiger charge is 2.17. The Bertz CT molecular complexity index is 755. The Morgan fingerprint density at radius 1 is 1.43 bits per heavy atom. The highest BCUT2D eigenvalue weighted by Crippen LogP contribution is 2.19. The summed E-state index contributed by atoms with van der Waals surface area (Å²) in [5.74, 6) is -0.343. The van der Waals surface area contributed by atoms with Crippen LogP contribution >= 0.6 is 0 Å². The molecule has 0 saturated heterocycles. The molecule has 1 amide bonds. The molecule has 112 valence electrons. The van der Waals surface area contributed by atoms with Crippen LogP contribution in [-0.2, 0) is 14.8 Å². The number of hydrogen-bond acceptors (Lipinski definition) is 5. The maximum Gasteiger partial charge on any atom is 0.249 e. The number of hydrogen-bond donors (Lipinski definition) is 2. The number of amides is 1. The molecule has 0 spiro atoms. The fourth-order valence-electron chi connectivity index (χ4n) is 1.77. The van der Waals surface area contributed by atoms with Gasteiger partial charge in [-0.05, 0) is 31.5 Å². The minimum atomic E-state index is -3.83. The number of aryl methyl sites for hydroxylation is 1. The van der Waals surface area contributed by atoms with Crippen molar-refractivity contribution < 1.29 is 13.2 Å². The average Bonchev–Trinajstić information content (AvgIpc) is 2.92. The molecule has 0 aliphatic carbocycles. The lowest BCUT2D eigenvalue weighted by atomic mass is 10.2. The van der Waals surface area contributed by atoms with Crippen molar-refractivity contribution in [3.63, 3.8) is 0 Å². The molecule has 0 aliphatic heterocycles. The molecule has 2 aromatic rings. The summed E-state index contributed by atoms with van der Waals surface area (Å²) in [7, 11) is -3.83. The molecule has 0 aliphatic rings. The van der Waals surface area contributed by atoms with Gasteiger partial charge in [0.25, 0.3) is 0 Å². The molecule has 3 N–H and O–H groups in total. The van der Waals surface area contributed by atoms with Crippen molar-refractivity contribution in [3.8, 4) is 0 Å². The second-order valence-electron chi connectivity index (χ2n) is 4.57. The summed E-state index contributed by atoms with van der Waals surface area (Å²) in [5.41, 5.74) is 0.862. The van der Waals surface area contributed by atoms with E-state index in [4.69, 9.17) is 5.14 Å². The van der Waals surface area contributed by atoms with E-state index in [1.165, 1.54) is 23.4 Å². The topological polar surface area (TPSA) is 120 Å². The molecule has 1 aromatic heterocycles. The van der Waals surface area contributed by atoms with Gasteiger partial charge in [-0.15, -0.1) is 0 Å². The quantitative estimate of drug-likeness (QED) is 0.848. The van der Waals surface area contributed by atoms with E-state index in [0.29, 0.717) is 11.3 Å². The number of aromatic nitrogens is 3. The molecule has 1 heterocycles. The summed E-state index contributed by atoms with van der Waals surface area (Å²) >= 11 is 0. The standard InChI is InChI=1S/C12H15N5O3S/c1-8-3-4-10(5-11(8)21(13,19)20)16-12(18)9(2)17-7-14-6-15-17/h3-7,9H,1-2H3,(H,16,18)(H2,13,19,20). The highest BCUT2D eigenvalue weighted by molar-refractivity contribution is 7.89. The van der Waals surface area contributed by atoms with Gasteiger partial charge in [0.15, 0.2) is 0 Å². The van der Waals surface area contributed by atoms with Gasteiger partial charge in [-0.3, -0.25) is 4.79 Å². The summed E-state index contributed by atoms with van der Waals surface area (Å²) < 4.78 is 24.3. The maximum atomic E-state index is 12.1. The molecule has 0 saturated carbocycles. The summed E-state index contributed by atoms with van der Waals surface area (Å²) in [6.45, 7) is 3.28. The molecular weight excluding hydrogens is 294 g/mol. The second-order valence-corrected chi connectivity index (χ2v) is 6.10. The van der Waals surface area contributed by atoms with Crippen LogP contribution in [0.5, 0.6) is 0 Å². The van der Waals surface area contributed by atoms with E-state index >= 15 is 0 Å². The Morgan fingerprint density at radius 3 is 2.71 bits per heavy atom. The molecular formula is C12H15N5O3S. The van der Waals surface area contributed by atoms with Crippen LogP contribution in [0.3, 0.4) is 0 Å². The van der Waals surface area contributed by atoms with Gasteiger partial charge in [0.1, 0.15) is 18.7 Å². The van der Waals surface area contributed by atoms with Crippen molar-refractivity contribution in [1.29, 1.82) is 0 Å². The molecule has 0 radical (unpaired) electrons. The first-order valence-electron chi connectivity index (χ1n) is 6.07. The zero-order chi connectivity index (χ0) is 15.6. The smallest absolute Gasteiger partial charge is 0.249 e. The lowest BCUT2D eigenvalue weighted by Crippen LogP contribution is -2.24. The number of anilines is 1.